The van der Waals surface area contributed by atoms with Gasteiger partial charge in [-0.15, -0.1) is 0 Å². The lowest BCUT2D eigenvalue weighted by molar-refractivity contribution is -0.192. The number of hydrogen-bond donors (Lipinski definition) is 2. The van der Waals surface area contributed by atoms with Crippen molar-refractivity contribution in [2.75, 3.05) is 36.4 Å². The summed E-state index contributed by atoms with van der Waals surface area (Å²) < 4.78 is 73.7. The molecule has 37 heavy (non-hydrogen) atoms. The number of carbonyl (C=O) groups excluding carboxylic acids is 1. The number of amides is 1. The van der Waals surface area contributed by atoms with Crippen molar-refractivity contribution < 1.29 is 41.0 Å². The fourth-order valence-electron chi connectivity index (χ4n) is 4.16. The van der Waals surface area contributed by atoms with Crippen molar-refractivity contribution in [2.45, 2.75) is 24.8 Å². The number of alkyl halides is 6. The quantitative estimate of drug-likeness (QED) is 0.491. The van der Waals surface area contributed by atoms with Crippen molar-refractivity contribution in [3.63, 3.8) is 0 Å². The van der Waals surface area contributed by atoms with E-state index in [1.165, 1.54) is 17.8 Å². The lowest BCUT2D eigenvalue weighted by atomic mass is 10.2. The van der Waals surface area contributed by atoms with E-state index in [-0.39, 0.29) is 5.56 Å². The Bertz CT molecular complexity index is 1320. The van der Waals surface area contributed by atoms with Crippen LogP contribution < -0.4 is 10.2 Å². The van der Waals surface area contributed by atoms with Crippen LogP contribution in [-0.2, 0) is 18.0 Å². The smallest absolute Gasteiger partial charge is 0.475 e. The molecule has 0 aromatic carbocycles. The van der Waals surface area contributed by atoms with Gasteiger partial charge in [-0.25, -0.2) is 14.3 Å². The Labute approximate surface area is 204 Å². The number of piperazine rings is 1. The third kappa shape index (κ3) is 5.60. The second kappa shape index (κ2) is 9.53. The van der Waals surface area contributed by atoms with Gasteiger partial charge < -0.3 is 15.3 Å². The summed E-state index contributed by atoms with van der Waals surface area (Å²) in [7, 11) is 1.36. The molecule has 2 fully saturated rings. The van der Waals surface area contributed by atoms with Crippen molar-refractivity contribution in [1.82, 2.24) is 29.3 Å². The van der Waals surface area contributed by atoms with Crippen LogP contribution in [0.25, 0.3) is 5.65 Å². The summed E-state index contributed by atoms with van der Waals surface area (Å²) in [4.78, 5) is 30.9. The van der Waals surface area contributed by atoms with Crippen molar-refractivity contribution in [3.05, 3.63) is 35.9 Å². The molecule has 200 valence electrons. The van der Waals surface area contributed by atoms with Gasteiger partial charge in [-0.2, -0.15) is 36.5 Å². The average Bonchev–Trinajstić information content (AvgIpc) is 3.50. The average molecular weight is 534 g/mol. The number of hydrogen-bond acceptors (Lipinski definition) is 7. The predicted octanol–water partition coefficient (Wildman–Crippen LogP) is 2.26. The topological polar surface area (TPSA) is 121 Å². The van der Waals surface area contributed by atoms with Gasteiger partial charge in [-0.05, 0) is 12.5 Å². The van der Waals surface area contributed by atoms with E-state index in [9.17, 15) is 31.1 Å². The number of carboxylic acid groups (broad SMARTS) is 1. The first-order valence-corrected chi connectivity index (χ1v) is 10.8. The van der Waals surface area contributed by atoms with Crippen LogP contribution in [0.3, 0.4) is 0 Å². The maximum atomic E-state index is 13.2. The molecule has 2 N–H and O–H groups in total. The molecule has 0 aliphatic carbocycles. The van der Waals surface area contributed by atoms with Crippen LogP contribution in [0.1, 0.15) is 22.5 Å². The molecule has 2 aliphatic heterocycles. The minimum atomic E-state index is -5.08. The first-order valence-electron chi connectivity index (χ1n) is 10.8. The van der Waals surface area contributed by atoms with E-state index >= 15 is 0 Å². The minimum Gasteiger partial charge on any atom is -0.475 e. The molecule has 5 rings (SSSR count). The molecule has 17 heteroatoms. The van der Waals surface area contributed by atoms with Crippen LogP contribution in [0, 0.1) is 0 Å². The lowest BCUT2D eigenvalue weighted by Crippen LogP contribution is -2.47. The van der Waals surface area contributed by atoms with E-state index in [4.69, 9.17) is 9.90 Å². The molecule has 5 heterocycles. The Balaban J connectivity index is 0.000000405. The fourth-order valence-corrected chi connectivity index (χ4v) is 4.16. The molecular weight excluding hydrogens is 514 g/mol. The normalized spacial score (nSPS) is 19.5. The van der Waals surface area contributed by atoms with Crippen LogP contribution in [0.15, 0.2) is 24.7 Å². The van der Waals surface area contributed by atoms with Gasteiger partial charge in [0.25, 0.3) is 5.91 Å². The number of aryl methyl sites for hydroxylation is 1. The van der Waals surface area contributed by atoms with Crippen LogP contribution in [0.2, 0.25) is 0 Å². The summed E-state index contributed by atoms with van der Waals surface area (Å²) in [5.74, 6) is -2.74. The molecule has 0 radical (unpaired) electrons. The van der Waals surface area contributed by atoms with Gasteiger partial charge in [-0.3, -0.25) is 14.4 Å². The van der Waals surface area contributed by atoms with Crippen molar-refractivity contribution in [2.24, 2.45) is 7.05 Å². The molecule has 2 bridgehead atoms. The van der Waals surface area contributed by atoms with Crippen LogP contribution in [-0.4, -0.2) is 84.7 Å². The summed E-state index contributed by atoms with van der Waals surface area (Å²) in [6.45, 7) is 3.85. The number of nitrogens with one attached hydrogen (secondary N) is 1. The van der Waals surface area contributed by atoms with E-state index < -0.39 is 35.6 Å². The summed E-state index contributed by atoms with van der Waals surface area (Å²) in [5.41, 5.74) is -1.17. The molecule has 2 atom stereocenters. The summed E-state index contributed by atoms with van der Waals surface area (Å²) >= 11 is 0. The second-order valence-corrected chi connectivity index (χ2v) is 8.37. The number of rotatable bonds is 3. The number of carboxylic acids is 1. The Morgan fingerprint density at radius 3 is 2.49 bits per heavy atom. The maximum absolute atomic E-state index is 13.2. The van der Waals surface area contributed by atoms with Crippen molar-refractivity contribution >= 4 is 29.0 Å². The van der Waals surface area contributed by atoms with E-state index in [1.807, 2.05) is 6.07 Å². The molecule has 1 amide bonds. The van der Waals surface area contributed by atoms with Crippen molar-refractivity contribution in [1.29, 1.82) is 0 Å². The van der Waals surface area contributed by atoms with E-state index in [0.717, 1.165) is 49.3 Å². The Hall–Kier alpha value is -3.89. The van der Waals surface area contributed by atoms with Gasteiger partial charge in [0, 0.05) is 51.7 Å². The second-order valence-electron chi connectivity index (χ2n) is 8.37. The number of aliphatic carboxylic acids is 1. The standard InChI is InChI=1S/C18H19F3N8O.C2HF3O2/c1-26-10-13(15(25-26)18(19,20)21)23-17(30)12-8-22-29-5-3-14(24-16(12)29)28-7-6-27-4-2-11(28)9-27;3-2(4,5)1(6)7/h3,5,8,10-11H,2,4,6-7,9H2,1H3,(H,23,30);(H,6,7). The summed E-state index contributed by atoms with van der Waals surface area (Å²) in [6.07, 6.45) is -4.58. The molecule has 2 saturated heterocycles. The van der Waals surface area contributed by atoms with E-state index in [2.05, 4.69) is 30.3 Å². The molecule has 0 saturated carbocycles. The SMILES string of the molecule is Cn1cc(NC(=O)c2cnn3ccc(N4CCN5CCC4C5)nc23)c(C(F)(F)F)n1.O=C(O)C(F)(F)F. The highest BCUT2D eigenvalue weighted by atomic mass is 19.4. The third-order valence-corrected chi connectivity index (χ3v) is 5.83. The lowest BCUT2D eigenvalue weighted by Gasteiger charge is -2.35. The highest BCUT2D eigenvalue weighted by molar-refractivity contribution is 6.08. The largest absolute Gasteiger partial charge is 0.490 e. The Kier molecular flexibility index (Phi) is 6.74. The monoisotopic (exact) mass is 534 g/mol. The zero-order valence-corrected chi connectivity index (χ0v) is 19.1. The molecule has 2 aliphatic rings. The predicted molar refractivity (Wildman–Crippen MR) is 115 cm³/mol. The third-order valence-electron chi connectivity index (χ3n) is 5.83. The number of halogens is 6. The zero-order chi connectivity index (χ0) is 27.1. The first-order chi connectivity index (χ1) is 17.2. The van der Waals surface area contributed by atoms with Crippen LogP contribution in [0.5, 0.6) is 0 Å². The molecule has 0 spiro atoms. The van der Waals surface area contributed by atoms with Gasteiger partial charge in [0.05, 0.1) is 11.9 Å². The van der Waals surface area contributed by atoms with E-state index in [1.54, 1.807) is 6.20 Å². The molecule has 2 unspecified atom stereocenters. The van der Waals surface area contributed by atoms with Gasteiger partial charge >= 0.3 is 18.3 Å². The highest BCUT2D eigenvalue weighted by Crippen LogP contribution is 2.34. The summed E-state index contributed by atoms with van der Waals surface area (Å²) in [6, 6.07) is 2.22. The Morgan fingerprint density at radius 2 is 1.84 bits per heavy atom. The number of aromatic nitrogens is 5. The fraction of sp³-hybridized carbons (Fsp3) is 0.450. The molecule has 11 nitrogen and oxygen atoms in total. The maximum Gasteiger partial charge on any atom is 0.490 e. The summed E-state index contributed by atoms with van der Waals surface area (Å²) in [5, 5.41) is 16.9. The van der Waals surface area contributed by atoms with E-state index in [0.29, 0.717) is 11.7 Å². The van der Waals surface area contributed by atoms with Crippen molar-refractivity contribution in [3.8, 4) is 0 Å². The highest BCUT2D eigenvalue weighted by Gasteiger charge is 2.39. The molecule has 3 aromatic heterocycles. The number of nitrogens with zero attached hydrogens (tertiary/aromatic N) is 7. The van der Waals surface area contributed by atoms with Gasteiger partial charge in [0.1, 0.15) is 11.4 Å². The van der Waals surface area contributed by atoms with Crippen LogP contribution >= 0.6 is 0 Å². The molecular formula is C20H20F6N8O3. The first kappa shape index (κ1) is 26.2. The van der Waals surface area contributed by atoms with Gasteiger partial charge in [-0.1, -0.05) is 0 Å². The van der Waals surface area contributed by atoms with Crippen LogP contribution in [0.4, 0.5) is 37.8 Å². The Morgan fingerprint density at radius 1 is 1.14 bits per heavy atom. The van der Waals surface area contributed by atoms with Gasteiger partial charge in [0.15, 0.2) is 11.3 Å². The number of anilines is 2. The zero-order valence-electron chi connectivity index (χ0n) is 19.1. The number of fused-ring (bicyclic) bond motifs is 3. The number of carbonyl (C=O) groups is 2. The molecule has 3 aromatic rings. The van der Waals surface area contributed by atoms with Gasteiger partial charge in [0.2, 0.25) is 0 Å². The minimum absolute atomic E-state index is 0.0962.